The quantitative estimate of drug-likeness (QED) is 0.488. The van der Waals surface area contributed by atoms with Crippen molar-refractivity contribution < 1.29 is 7.06 Å². The van der Waals surface area contributed by atoms with Gasteiger partial charge in [0.25, 0.3) is 0 Å². The Bertz CT molecular complexity index is 1020. The normalized spacial score (nSPS) is 10.7. The molecule has 24 heavy (non-hydrogen) atoms. The van der Waals surface area contributed by atoms with Gasteiger partial charge in [-0.05, 0) is 0 Å². The van der Waals surface area contributed by atoms with E-state index < -0.39 is 18.1 Å². The van der Waals surface area contributed by atoms with Crippen molar-refractivity contribution in [1.82, 2.24) is 4.98 Å². The summed E-state index contributed by atoms with van der Waals surface area (Å²) in [6.07, 6.45) is 0. The minimum absolute atomic E-state index is 0.803. The molecular weight excluding hydrogens is 356 g/mol. The van der Waals surface area contributed by atoms with E-state index in [1.54, 1.807) is 0 Å². The van der Waals surface area contributed by atoms with E-state index in [4.69, 9.17) is 7.06 Å². The summed E-state index contributed by atoms with van der Waals surface area (Å²) in [5.41, 5.74) is 1.88. The third-order valence-electron chi connectivity index (χ3n) is 3.90. The second kappa shape index (κ2) is 6.59. The second-order valence-electron chi connectivity index (χ2n) is 5.62. The number of fused-ring (bicyclic) bond motifs is 2. The van der Waals surface area contributed by atoms with E-state index in [0.717, 1.165) is 28.1 Å². The van der Waals surface area contributed by atoms with Crippen LogP contribution in [0.4, 0.5) is 0 Å². The number of pyridine rings is 1. The third kappa shape index (κ3) is 3.11. The maximum absolute atomic E-state index is 5.96. The molecule has 3 aromatic carbocycles. The van der Waals surface area contributed by atoms with E-state index in [1.807, 2.05) is 49.4 Å². The van der Waals surface area contributed by atoms with Gasteiger partial charge in [0.2, 0.25) is 0 Å². The number of aromatic nitrogens is 1. The molecule has 0 fully saturated rings. The van der Waals surface area contributed by atoms with Gasteiger partial charge < -0.3 is 0 Å². The van der Waals surface area contributed by atoms with Gasteiger partial charge in [0.15, 0.2) is 0 Å². The van der Waals surface area contributed by atoms with Crippen molar-refractivity contribution >= 4 is 39.8 Å². The number of nitrogens with zero attached hydrogens (tertiary/aromatic N) is 1. The van der Waals surface area contributed by atoms with Gasteiger partial charge in [-0.1, -0.05) is 0 Å². The standard InChI is InChI=1S/C10H9NO.C10H8O.Ga/c1-7-5-6-8-3-2-4-9(12)10(8)11-7;11-10-6-5-8-3-1-2-4-9(8)7-10;/h2-6,12H,1H3;1-7,11H;/q;;+2/p-2. The molecule has 0 spiro atoms. The molecule has 4 rings (SSSR count). The predicted molar refractivity (Wildman–Crippen MR) is 97.4 cm³/mol. The fourth-order valence-corrected chi connectivity index (χ4v) is 3.94. The Balaban J connectivity index is 1.51. The Labute approximate surface area is 148 Å². The number of benzene rings is 3. The fraction of sp³-hybridized carbons (Fsp3) is 0.0500. The van der Waals surface area contributed by atoms with Crippen molar-refractivity contribution in [3.63, 3.8) is 0 Å². The first kappa shape index (κ1) is 15.1. The molecule has 0 saturated heterocycles. The molecule has 0 N–H and O–H groups in total. The molecule has 0 bridgehead atoms. The van der Waals surface area contributed by atoms with Crippen LogP contribution in [0.3, 0.4) is 0 Å². The van der Waals surface area contributed by atoms with Crippen LogP contribution in [0.5, 0.6) is 11.5 Å². The summed E-state index contributed by atoms with van der Waals surface area (Å²) in [6, 6.07) is 24.4. The summed E-state index contributed by atoms with van der Waals surface area (Å²) in [4.78, 5) is 4.59. The van der Waals surface area contributed by atoms with Crippen LogP contribution in [0.15, 0.2) is 72.8 Å². The molecular formula is C20H15GaNO2. The van der Waals surface area contributed by atoms with Crippen molar-refractivity contribution in [2.75, 3.05) is 0 Å². The van der Waals surface area contributed by atoms with Gasteiger partial charge in [0.05, 0.1) is 0 Å². The van der Waals surface area contributed by atoms with Crippen molar-refractivity contribution in [2.24, 2.45) is 0 Å². The van der Waals surface area contributed by atoms with Crippen LogP contribution in [-0.2, 0) is 0 Å². The van der Waals surface area contributed by atoms with Gasteiger partial charge in [-0.2, -0.15) is 0 Å². The molecule has 0 amide bonds. The Kier molecular flexibility index (Phi) is 4.15. The van der Waals surface area contributed by atoms with E-state index in [1.165, 1.54) is 10.8 Å². The van der Waals surface area contributed by atoms with Crippen LogP contribution in [0.25, 0.3) is 21.7 Å². The molecule has 0 atom stereocenters. The first-order chi connectivity index (χ1) is 11.8. The second-order valence-corrected chi connectivity index (χ2v) is 7.01. The summed E-state index contributed by atoms with van der Waals surface area (Å²) >= 11 is -1.36. The predicted octanol–water partition coefficient (Wildman–Crippen LogP) is 4.69. The van der Waals surface area contributed by atoms with Crippen molar-refractivity contribution in [3.05, 3.63) is 78.5 Å². The Morgan fingerprint density at radius 3 is 2.46 bits per heavy atom. The zero-order valence-electron chi connectivity index (χ0n) is 13.3. The summed E-state index contributed by atoms with van der Waals surface area (Å²) < 4.78 is 11.9. The number of hydrogen-bond acceptors (Lipinski definition) is 3. The molecule has 3 nitrogen and oxygen atoms in total. The van der Waals surface area contributed by atoms with Crippen LogP contribution in [0.1, 0.15) is 5.69 Å². The molecule has 115 valence electrons. The maximum atomic E-state index is 5.96. The van der Waals surface area contributed by atoms with Gasteiger partial charge in [-0.15, -0.1) is 0 Å². The van der Waals surface area contributed by atoms with Crippen LogP contribution < -0.4 is 7.06 Å². The summed E-state index contributed by atoms with van der Waals surface area (Å²) in [7, 11) is 0. The van der Waals surface area contributed by atoms with Gasteiger partial charge in [-0.3, -0.25) is 0 Å². The molecule has 4 aromatic rings. The SMILES string of the molecule is Cc1ccc2cccc([O][Ga][O]c3ccc4ccccc4c3)c2n1. The molecule has 0 aliphatic carbocycles. The van der Waals surface area contributed by atoms with Crippen molar-refractivity contribution in [3.8, 4) is 11.5 Å². The first-order valence-corrected chi connectivity index (χ1v) is 9.78. The fourth-order valence-electron chi connectivity index (χ4n) is 2.68. The molecule has 0 aliphatic rings. The van der Waals surface area contributed by atoms with E-state index in [9.17, 15) is 0 Å². The monoisotopic (exact) mass is 370 g/mol. The van der Waals surface area contributed by atoms with E-state index in [2.05, 4.69) is 35.3 Å². The van der Waals surface area contributed by atoms with Crippen LogP contribution in [0.2, 0.25) is 0 Å². The molecule has 1 aromatic heterocycles. The average Bonchev–Trinajstić information content (AvgIpc) is 2.62. The Hall–Kier alpha value is -2.43. The zero-order chi connectivity index (χ0) is 16.4. The van der Waals surface area contributed by atoms with Gasteiger partial charge in [-0.25, -0.2) is 0 Å². The van der Waals surface area contributed by atoms with Crippen LogP contribution in [-0.4, -0.2) is 23.1 Å². The molecule has 0 saturated carbocycles. The van der Waals surface area contributed by atoms with Gasteiger partial charge >= 0.3 is 149 Å². The average molecular weight is 371 g/mol. The molecule has 0 aliphatic heterocycles. The molecule has 1 radical (unpaired) electrons. The molecule has 1 heterocycles. The van der Waals surface area contributed by atoms with E-state index >= 15 is 0 Å². The van der Waals surface area contributed by atoms with Gasteiger partial charge in [0.1, 0.15) is 0 Å². The Morgan fingerprint density at radius 1 is 0.750 bits per heavy atom. The third-order valence-corrected chi connectivity index (χ3v) is 5.41. The molecule has 0 unspecified atom stereocenters. The van der Waals surface area contributed by atoms with E-state index in [0.29, 0.717) is 0 Å². The summed E-state index contributed by atoms with van der Waals surface area (Å²) in [5, 5.41) is 3.47. The van der Waals surface area contributed by atoms with E-state index in [-0.39, 0.29) is 0 Å². The Morgan fingerprint density at radius 2 is 1.54 bits per heavy atom. The minimum atomic E-state index is -1.36. The van der Waals surface area contributed by atoms with Gasteiger partial charge in [0, 0.05) is 0 Å². The number of hydrogen-bond donors (Lipinski definition) is 0. The number of aryl methyl sites for hydroxylation is 1. The number of rotatable bonds is 4. The van der Waals surface area contributed by atoms with Crippen molar-refractivity contribution in [2.45, 2.75) is 6.92 Å². The topological polar surface area (TPSA) is 31.4 Å². The zero-order valence-corrected chi connectivity index (χ0v) is 15.7. The molecule has 4 heteroatoms. The van der Waals surface area contributed by atoms with Crippen molar-refractivity contribution in [1.29, 1.82) is 0 Å². The summed E-state index contributed by atoms with van der Waals surface area (Å²) in [5.74, 6) is 1.66. The number of para-hydroxylation sites is 1. The first-order valence-electron chi connectivity index (χ1n) is 7.80. The summed E-state index contributed by atoms with van der Waals surface area (Å²) in [6.45, 7) is 1.99. The van der Waals surface area contributed by atoms with Crippen LogP contribution >= 0.6 is 0 Å². The van der Waals surface area contributed by atoms with Crippen LogP contribution in [0, 0.1) is 6.92 Å².